The third-order valence-corrected chi connectivity index (χ3v) is 7.54. The summed E-state index contributed by atoms with van der Waals surface area (Å²) in [5.41, 5.74) is 1.17. The molecule has 0 unspecified atom stereocenters. The maximum Gasteiger partial charge on any atom is 0.230 e. The van der Waals surface area contributed by atoms with Gasteiger partial charge in [0, 0.05) is 12.1 Å². The first-order valence-corrected chi connectivity index (χ1v) is 12.0. The van der Waals surface area contributed by atoms with Gasteiger partial charge in [-0.25, -0.2) is 17.8 Å². The van der Waals surface area contributed by atoms with Crippen molar-refractivity contribution in [3.8, 4) is 11.5 Å². The zero-order valence-electron chi connectivity index (χ0n) is 17.7. The molecule has 7 nitrogen and oxygen atoms in total. The van der Waals surface area contributed by atoms with Gasteiger partial charge in [-0.1, -0.05) is 23.5 Å². The van der Waals surface area contributed by atoms with Crippen LogP contribution in [0.1, 0.15) is 5.56 Å². The van der Waals surface area contributed by atoms with Gasteiger partial charge in [-0.3, -0.25) is 4.79 Å². The van der Waals surface area contributed by atoms with Crippen LogP contribution in [0.4, 0.5) is 9.52 Å². The van der Waals surface area contributed by atoms with Gasteiger partial charge in [0.1, 0.15) is 5.82 Å². The van der Waals surface area contributed by atoms with Gasteiger partial charge < -0.3 is 14.8 Å². The van der Waals surface area contributed by atoms with E-state index in [0.29, 0.717) is 27.7 Å². The number of methoxy groups -OCH3 is 2. The summed E-state index contributed by atoms with van der Waals surface area (Å²) >= 11 is 1.29. The third kappa shape index (κ3) is 4.81. The molecule has 0 atom stereocenters. The summed E-state index contributed by atoms with van der Waals surface area (Å²) in [6.07, 6.45) is -0.0463. The van der Waals surface area contributed by atoms with E-state index in [4.69, 9.17) is 9.47 Å². The van der Waals surface area contributed by atoms with Crippen molar-refractivity contribution >= 4 is 42.4 Å². The van der Waals surface area contributed by atoms with Gasteiger partial charge in [-0.15, -0.1) is 0 Å². The number of ether oxygens (including phenoxy) is 2. The Morgan fingerprint density at radius 2 is 1.70 bits per heavy atom. The molecule has 0 aliphatic carbocycles. The van der Waals surface area contributed by atoms with E-state index in [-0.39, 0.29) is 22.1 Å². The third-order valence-electron chi connectivity index (χ3n) is 4.84. The van der Waals surface area contributed by atoms with Crippen LogP contribution in [0.5, 0.6) is 11.5 Å². The summed E-state index contributed by atoms with van der Waals surface area (Å²) in [7, 11) is -0.766. The number of carbonyl (C=O) groups is 1. The van der Waals surface area contributed by atoms with E-state index in [2.05, 4.69) is 10.3 Å². The van der Waals surface area contributed by atoms with Crippen molar-refractivity contribution in [2.45, 2.75) is 16.2 Å². The first-order chi connectivity index (χ1) is 15.8. The lowest BCUT2D eigenvalue weighted by molar-refractivity contribution is -0.115. The largest absolute Gasteiger partial charge is 0.493 e. The first-order valence-electron chi connectivity index (χ1n) is 9.72. The van der Waals surface area contributed by atoms with Crippen LogP contribution in [0.15, 0.2) is 70.5 Å². The quantitative estimate of drug-likeness (QED) is 0.388. The molecular weight excluding hydrogens is 467 g/mol. The van der Waals surface area contributed by atoms with E-state index >= 15 is 0 Å². The molecule has 0 fully saturated rings. The maximum atomic E-state index is 13.2. The molecular formula is C23H19FN2O5S2. The smallest absolute Gasteiger partial charge is 0.230 e. The predicted molar refractivity (Wildman–Crippen MR) is 123 cm³/mol. The van der Waals surface area contributed by atoms with E-state index in [1.807, 2.05) is 0 Å². The molecule has 0 bridgehead atoms. The van der Waals surface area contributed by atoms with Crippen molar-refractivity contribution < 1.29 is 27.1 Å². The predicted octanol–water partition coefficient (Wildman–Crippen LogP) is 4.47. The fraction of sp³-hybridized carbons (Fsp3) is 0.130. The molecule has 1 aromatic heterocycles. The number of thiazole rings is 1. The Morgan fingerprint density at radius 1 is 1.00 bits per heavy atom. The molecule has 3 aromatic carbocycles. The lowest BCUT2D eigenvalue weighted by atomic mass is 10.1. The highest BCUT2D eigenvalue weighted by atomic mass is 32.2. The van der Waals surface area contributed by atoms with E-state index < -0.39 is 15.7 Å². The molecule has 1 heterocycles. The summed E-state index contributed by atoms with van der Waals surface area (Å²) in [4.78, 5) is 17.0. The Kier molecular flexibility index (Phi) is 6.30. The number of aromatic nitrogens is 1. The number of hydrogen-bond donors (Lipinski definition) is 1. The van der Waals surface area contributed by atoms with Crippen molar-refractivity contribution in [2.24, 2.45) is 0 Å². The average Bonchev–Trinajstić information content (AvgIpc) is 3.19. The van der Waals surface area contributed by atoms with Gasteiger partial charge >= 0.3 is 0 Å². The summed E-state index contributed by atoms with van der Waals surface area (Å²) in [6, 6.07) is 14.2. The highest BCUT2D eigenvalue weighted by molar-refractivity contribution is 7.91. The zero-order valence-corrected chi connectivity index (χ0v) is 19.3. The minimum atomic E-state index is -3.84. The molecule has 1 amide bonds. The Hall–Kier alpha value is -3.50. The summed E-state index contributed by atoms with van der Waals surface area (Å²) < 4.78 is 50.2. The van der Waals surface area contributed by atoms with Gasteiger partial charge in [-0.05, 0) is 42.0 Å². The normalized spacial score (nSPS) is 11.4. The maximum absolute atomic E-state index is 13.2. The van der Waals surface area contributed by atoms with Crippen molar-refractivity contribution in [3.05, 3.63) is 72.0 Å². The number of nitrogens with zero attached hydrogens (tertiary/aromatic N) is 1. The number of rotatable bonds is 7. The topological polar surface area (TPSA) is 94.6 Å². The number of halogens is 1. The lowest BCUT2D eigenvalue weighted by Crippen LogP contribution is -2.14. The molecule has 170 valence electrons. The fourth-order valence-electron chi connectivity index (χ4n) is 3.23. The van der Waals surface area contributed by atoms with Crippen molar-refractivity contribution in [2.75, 3.05) is 19.5 Å². The Labute approximate surface area is 193 Å². The molecule has 0 spiro atoms. The first kappa shape index (κ1) is 22.7. The van der Waals surface area contributed by atoms with E-state index in [1.165, 1.54) is 49.8 Å². The molecule has 33 heavy (non-hydrogen) atoms. The van der Waals surface area contributed by atoms with Crippen LogP contribution in [-0.4, -0.2) is 33.5 Å². The fourth-order valence-corrected chi connectivity index (χ4v) is 5.45. The summed E-state index contributed by atoms with van der Waals surface area (Å²) in [5.74, 6) is 0.230. The zero-order chi connectivity index (χ0) is 23.6. The number of sulfone groups is 1. The van der Waals surface area contributed by atoms with Gasteiger partial charge in [0.05, 0.1) is 40.6 Å². The Bertz CT molecular complexity index is 1390. The molecule has 4 rings (SSSR count). The average molecular weight is 487 g/mol. The van der Waals surface area contributed by atoms with Crippen LogP contribution in [0, 0.1) is 5.82 Å². The van der Waals surface area contributed by atoms with Crippen LogP contribution < -0.4 is 14.8 Å². The minimum Gasteiger partial charge on any atom is -0.493 e. The second kappa shape index (κ2) is 9.16. The van der Waals surface area contributed by atoms with Crippen LogP contribution >= 0.6 is 11.3 Å². The Balaban J connectivity index is 1.52. The van der Waals surface area contributed by atoms with Crippen molar-refractivity contribution in [1.82, 2.24) is 4.98 Å². The molecule has 0 saturated heterocycles. The second-order valence-corrected chi connectivity index (χ2v) is 10.0. The molecule has 0 saturated carbocycles. The number of hydrogen-bond acceptors (Lipinski definition) is 7. The lowest BCUT2D eigenvalue weighted by Gasteiger charge is -2.07. The number of anilines is 1. The van der Waals surface area contributed by atoms with Crippen LogP contribution in [0.3, 0.4) is 0 Å². The van der Waals surface area contributed by atoms with E-state index in [0.717, 1.165) is 16.8 Å². The van der Waals surface area contributed by atoms with Gasteiger partial charge in [-0.2, -0.15) is 0 Å². The number of benzene rings is 3. The standard InChI is InChI=1S/C23H19FN2O5S2/c1-30-19-12-18-21(13-20(19)31-2)32-23(25-18)26-22(27)11-14-4-3-5-17(10-14)33(28,29)16-8-6-15(24)7-9-16/h3-10,12-13H,11H2,1-2H3,(H,25,26,27). The van der Waals surface area contributed by atoms with Gasteiger partial charge in [0.2, 0.25) is 15.7 Å². The second-order valence-electron chi connectivity index (χ2n) is 7.02. The molecule has 4 aromatic rings. The van der Waals surface area contributed by atoms with Crippen molar-refractivity contribution in [1.29, 1.82) is 0 Å². The van der Waals surface area contributed by atoms with Crippen molar-refractivity contribution in [3.63, 3.8) is 0 Å². The van der Waals surface area contributed by atoms with Crippen LogP contribution in [-0.2, 0) is 21.1 Å². The van der Waals surface area contributed by atoms with Crippen LogP contribution in [0.2, 0.25) is 0 Å². The number of amides is 1. The van der Waals surface area contributed by atoms with E-state index in [9.17, 15) is 17.6 Å². The monoisotopic (exact) mass is 486 g/mol. The SMILES string of the molecule is COc1cc2nc(NC(=O)Cc3cccc(S(=O)(=O)c4ccc(F)cc4)c3)sc2cc1OC. The Morgan fingerprint density at radius 3 is 2.39 bits per heavy atom. The highest BCUT2D eigenvalue weighted by Gasteiger charge is 2.19. The number of fused-ring (bicyclic) bond motifs is 1. The number of nitrogens with one attached hydrogen (secondary N) is 1. The summed E-state index contributed by atoms with van der Waals surface area (Å²) in [6.45, 7) is 0. The van der Waals surface area contributed by atoms with E-state index in [1.54, 1.807) is 24.3 Å². The number of carbonyl (C=O) groups excluding carboxylic acids is 1. The molecule has 0 aliphatic rings. The molecule has 0 radical (unpaired) electrons. The summed E-state index contributed by atoms with van der Waals surface area (Å²) in [5, 5.41) is 3.15. The molecule has 10 heteroatoms. The van der Waals surface area contributed by atoms with Gasteiger partial charge in [0.25, 0.3) is 0 Å². The van der Waals surface area contributed by atoms with Crippen LogP contribution in [0.25, 0.3) is 10.2 Å². The van der Waals surface area contributed by atoms with Gasteiger partial charge in [0.15, 0.2) is 16.6 Å². The molecule has 0 aliphatic heterocycles. The highest BCUT2D eigenvalue weighted by Crippen LogP contribution is 2.36. The minimum absolute atomic E-state index is 0.0224. The molecule has 1 N–H and O–H groups in total.